The standard InChI is InChI=1S/C15H17FN4O3/c1-10-8-11(2)19(18-10)7-3-6-17-15(21)13-5-4-12(20(22)23)9-14(13)16/h4-5,8-9H,3,6-7H2,1-2H3,(H,17,21). The maximum atomic E-state index is 13.7. The summed E-state index contributed by atoms with van der Waals surface area (Å²) in [5.41, 5.74) is 1.38. The molecule has 1 aromatic carbocycles. The van der Waals surface area contributed by atoms with Gasteiger partial charge in [0.1, 0.15) is 5.82 Å². The van der Waals surface area contributed by atoms with Crippen LogP contribution >= 0.6 is 0 Å². The molecule has 0 bridgehead atoms. The summed E-state index contributed by atoms with van der Waals surface area (Å²) in [5, 5.41) is 17.4. The number of carbonyl (C=O) groups excluding carboxylic acids is 1. The summed E-state index contributed by atoms with van der Waals surface area (Å²) < 4.78 is 15.6. The van der Waals surface area contributed by atoms with Crippen LogP contribution in [-0.4, -0.2) is 27.2 Å². The molecule has 0 aliphatic carbocycles. The van der Waals surface area contributed by atoms with Gasteiger partial charge in [-0.05, 0) is 32.4 Å². The fourth-order valence-corrected chi connectivity index (χ4v) is 2.23. The van der Waals surface area contributed by atoms with Crippen molar-refractivity contribution in [3.8, 4) is 0 Å². The average Bonchev–Trinajstić information content (AvgIpc) is 2.81. The van der Waals surface area contributed by atoms with Gasteiger partial charge in [-0.25, -0.2) is 4.39 Å². The van der Waals surface area contributed by atoms with Crippen molar-refractivity contribution in [2.75, 3.05) is 6.54 Å². The van der Waals surface area contributed by atoms with Crippen LogP contribution in [0.1, 0.15) is 28.2 Å². The van der Waals surface area contributed by atoms with Gasteiger partial charge in [-0.1, -0.05) is 0 Å². The zero-order chi connectivity index (χ0) is 17.0. The smallest absolute Gasteiger partial charge is 0.272 e. The number of halogens is 1. The van der Waals surface area contributed by atoms with E-state index in [0.717, 1.165) is 29.6 Å². The number of non-ortho nitro benzene ring substituents is 1. The number of nitro groups is 1. The van der Waals surface area contributed by atoms with E-state index in [0.29, 0.717) is 19.5 Å². The summed E-state index contributed by atoms with van der Waals surface area (Å²) in [5.74, 6) is -1.50. The molecule has 0 saturated carbocycles. The number of carbonyl (C=O) groups is 1. The summed E-state index contributed by atoms with van der Waals surface area (Å²) >= 11 is 0. The normalized spacial score (nSPS) is 10.6. The van der Waals surface area contributed by atoms with Crippen LogP contribution in [0, 0.1) is 29.8 Å². The molecule has 1 aromatic heterocycles. The van der Waals surface area contributed by atoms with E-state index in [9.17, 15) is 19.3 Å². The Hall–Kier alpha value is -2.77. The molecule has 0 fully saturated rings. The van der Waals surface area contributed by atoms with Gasteiger partial charge in [0.05, 0.1) is 22.2 Å². The molecule has 0 saturated heterocycles. The van der Waals surface area contributed by atoms with E-state index >= 15 is 0 Å². The lowest BCUT2D eigenvalue weighted by molar-refractivity contribution is -0.385. The quantitative estimate of drug-likeness (QED) is 0.502. The Morgan fingerprint density at radius 2 is 2.13 bits per heavy atom. The van der Waals surface area contributed by atoms with Crippen molar-refractivity contribution in [2.24, 2.45) is 0 Å². The fourth-order valence-electron chi connectivity index (χ4n) is 2.23. The van der Waals surface area contributed by atoms with Crippen molar-refractivity contribution >= 4 is 11.6 Å². The Balaban J connectivity index is 1.87. The van der Waals surface area contributed by atoms with Crippen molar-refractivity contribution < 1.29 is 14.1 Å². The van der Waals surface area contributed by atoms with E-state index in [-0.39, 0.29) is 11.3 Å². The van der Waals surface area contributed by atoms with Gasteiger partial charge < -0.3 is 5.32 Å². The Morgan fingerprint density at radius 1 is 1.39 bits per heavy atom. The topological polar surface area (TPSA) is 90.1 Å². The lowest BCUT2D eigenvalue weighted by Gasteiger charge is -2.07. The van der Waals surface area contributed by atoms with Crippen LogP contribution in [0.3, 0.4) is 0 Å². The van der Waals surface area contributed by atoms with Crippen LogP contribution in [0.5, 0.6) is 0 Å². The molecule has 1 heterocycles. The van der Waals surface area contributed by atoms with E-state index in [4.69, 9.17) is 0 Å². The number of aryl methyl sites for hydroxylation is 3. The van der Waals surface area contributed by atoms with Crippen LogP contribution in [0.2, 0.25) is 0 Å². The van der Waals surface area contributed by atoms with Gasteiger partial charge in [0.2, 0.25) is 0 Å². The Morgan fingerprint density at radius 3 is 2.70 bits per heavy atom. The first-order valence-electron chi connectivity index (χ1n) is 7.11. The zero-order valence-electron chi connectivity index (χ0n) is 12.9. The number of nitro benzene ring substituents is 1. The van der Waals surface area contributed by atoms with E-state index < -0.39 is 16.6 Å². The van der Waals surface area contributed by atoms with Crippen molar-refractivity contribution in [1.29, 1.82) is 0 Å². The molecule has 0 aliphatic heterocycles. The van der Waals surface area contributed by atoms with Gasteiger partial charge >= 0.3 is 0 Å². The van der Waals surface area contributed by atoms with Crippen LogP contribution in [-0.2, 0) is 6.54 Å². The lowest BCUT2D eigenvalue weighted by Crippen LogP contribution is -2.26. The first-order chi connectivity index (χ1) is 10.9. The Kier molecular flexibility index (Phi) is 5.05. The molecule has 2 rings (SSSR count). The summed E-state index contributed by atoms with van der Waals surface area (Å²) in [6.07, 6.45) is 0.641. The van der Waals surface area contributed by atoms with E-state index in [1.165, 1.54) is 0 Å². The number of hydrogen-bond acceptors (Lipinski definition) is 4. The zero-order valence-corrected chi connectivity index (χ0v) is 12.9. The summed E-state index contributed by atoms with van der Waals surface area (Å²) in [7, 11) is 0. The lowest BCUT2D eigenvalue weighted by atomic mass is 10.2. The highest BCUT2D eigenvalue weighted by Crippen LogP contribution is 2.16. The number of nitrogens with zero attached hydrogens (tertiary/aromatic N) is 3. The molecule has 0 radical (unpaired) electrons. The van der Waals surface area contributed by atoms with Crippen LogP contribution in [0.25, 0.3) is 0 Å². The SMILES string of the molecule is Cc1cc(C)n(CCCNC(=O)c2ccc([N+](=O)[O-])cc2F)n1. The number of nitrogens with one attached hydrogen (secondary N) is 1. The van der Waals surface area contributed by atoms with Crippen molar-refractivity contribution in [3.63, 3.8) is 0 Å². The molecule has 1 N–H and O–H groups in total. The molecular formula is C15H17FN4O3. The minimum atomic E-state index is -0.907. The molecule has 1 amide bonds. The Bertz CT molecular complexity index is 742. The van der Waals surface area contributed by atoms with E-state index in [1.807, 2.05) is 24.6 Å². The predicted molar refractivity (Wildman–Crippen MR) is 81.7 cm³/mol. The maximum absolute atomic E-state index is 13.7. The molecule has 7 nitrogen and oxygen atoms in total. The third kappa shape index (κ3) is 4.12. The summed E-state index contributed by atoms with van der Waals surface area (Å²) in [4.78, 5) is 21.7. The highest BCUT2D eigenvalue weighted by Gasteiger charge is 2.15. The molecule has 2 aromatic rings. The van der Waals surface area contributed by atoms with Gasteiger partial charge in [-0.2, -0.15) is 5.10 Å². The van der Waals surface area contributed by atoms with E-state index in [2.05, 4.69) is 10.4 Å². The minimum Gasteiger partial charge on any atom is -0.352 e. The summed E-state index contributed by atoms with van der Waals surface area (Å²) in [6.45, 7) is 4.85. The molecular weight excluding hydrogens is 303 g/mol. The molecule has 0 aliphatic rings. The number of rotatable bonds is 6. The van der Waals surface area contributed by atoms with Gasteiger partial charge in [-0.3, -0.25) is 19.6 Å². The van der Waals surface area contributed by atoms with Crippen molar-refractivity contribution in [2.45, 2.75) is 26.8 Å². The monoisotopic (exact) mass is 320 g/mol. The van der Waals surface area contributed by atoms with Crippen LogP contribution in [0.4, 0.5) is 10.1 Å². The number of amides is 1. The fraction of sp³-hybridized carbons (Fsp3) is 0.333. The van der Waals surface area contributed by atoms with E-state index in [1.54, 1.807) is 0 Å². The van der Waals surface area contributed by atoms with Gasteiger partial charge in [-0.15, -0.1) is 0 Å². The van der Waals surface area contributed by atoms with Gasteiger partial charge in [0.25, 0.3) is 11.6 Å². The molecule has 122 valence electrons. The molecule has 23 heavy (non-hydrogen) atoms. The largest absolute Gasteiger partial charge is 0.352 e. The second-order valence-corrected chi connectivity index (χ2v) is 5.18. The first kappa shape index (κ1) is 16.6. The number of hydrogen-bond donors (Lipinski definition) is 1. The number of aromatic nitrogens is 2. The number of benzene rings is 1. The average molecular weight is 320 g/mol. The molecule has 0 spiro atoms. The molecule has 0 unspecified atom stereocenters. The highest BCUT2D eigenvalue weighted by molar-refractivity contribution is 5.94. The Labute approximate surface area is 132 Å². The van der Waals surface area contributed by atoms with Crippen LogP contribution in [0.15, 0.2) is 24.3 Å². The second kappa shape index (κ2) is 6.99. The van der Waals surface area contributed by atoms with Gasteiger partial charge in [0, 0.05) is 24.8 Å². The van der Waals surface area contributed by atoms with Gasteiger partial charge in [0.15, 0.2) is 0 Å². The first-order valence-corrected chi connectivity index (χ1v) is 7.11. The second-order valence-electron chi connectivity index (χ2n) is 5.18. The van der Waals surface area contributed by atoms with Crippen LogP contribution < -0.4 is 5.32 Å². The minimum absolute atomic E-state index is 0.207. The maximum Gasteiger partial charge on any atom is 0.272 e. The molecule has 8 heteroatoms. The predicted octanol–water partition coefficient (Wildman–Crippen LogP) is 2.37. The highest BCUT2D eigenvalue weighted by atomic mass is 19.1. The van der Waals surface area contributed by atoms with Crippen molar-refractivity contribution in [3.05, 3.63) is 57.1 Å². The molecule has 0 atom stereocenters. The summed E-state index contributed by atoms with van der Waals surface area (Å²) in [6, 6.07) is 4.92. The third-order valence-electron chi connectivity index (χ3n) is 3.34. The van der Waals surface area contributed by atoms with Crippen molar-refractivity contribution in [1.82, 2.24) is 15.1 Å². The third-order valence-corrected chi connectivity index (χ3v) is 3.34.